The minimum absolute atomic E-state index is 0.433. The number of thioether (sulfide) groups is 1. The van der Waals surface area contributed by atoms with E-state index < -0.39 is 0 Å². The molecule has 1 saturated heterocycles. The lowest BCUT2D eigenvalue weighted by atomic mass is 10.1. The third kappa shape index (κ3) is 2.79. The van der Waals surface area contributed by atoms with Crippen LogP contribution >= 0.6 is 11.8 Å². The molecule has 1 atom stereocenters. The van der Waals surface area contributed by atoms with Gasteiger partial charge >= 0.3 is 0 Å². The maximum atomic E-state index is 11.0. The van der Waals surface area contributed by atoms with Crippen LogP contribution in [0.5, 0.6) is 0 Å². The van der Waals surface area contributed by atoms with E-state index in [1.54, 1.807) is 0 Å². The normalized spacial score (nSPS) is 22.7. The lowest BCUT2D eigenvalue weighted by Gasteiger charge is -2.31. The molecule has 1 aliphatic rings. The molecular weight excluding hydrogens is 170 g/mol. The zero-order chi connectivity index (χ0) is 8.97. The van der Waals surface area contributed by atoms with Crippen molar-refractivity contribution in [1.29, 1.82) is 0 Å². The van der Waals surface area contributed by atoms with Crippen molar-refractivity contribution in [1.82, 2.24) is 4.90 Å². The van der Waals surface area contributed by atoms with Crippen LogP contribution in [0.15, 0.2) is 0 Å². The summed E-state index contributed by atoms with van der Waals surface area (Å²) < 4.78 is 0. The van der Waals surface area contributed by atoms with Crippen molar-refractivity contribution in [3.05, 3.63) is 0 Å². The van der Waals surface area contributed by atoms with Crippen molar-refractivity contribution in [2.24, 2.45) is 0 Å². The third-order valence-corrected chi connectivity index (χ3v) is 3.20. The van der Waals surface area contributed by atoms with Crippen molar-refractivity contribution < 1.29 is 4.79 Å². The molecule has 1 aliphatic heterocycles. The number of hydrogen-bond acceptors (Lipinski definition) is 3. The Balaban J connectivity index is 2.28. The first-order chi connectivity index (χ1) is 5.74. The zero-order valence-electron chi connectivity index (χ0n) is 7.88. The maximum absolute atomic E-state index is 11.0. The minimum Gasteiger partial charge on any atom is -0.300 e. The predicted octanol–water partition coefficient (Wildman–Crippen LogP) is 1.40. The summed E-state index contributed by atoms with van der Waals surface area (Å²) >= 11 is 1.88. The average Bonchev–Trinajstić information content (AvgIpc) is 2.06. The summed E-state index contributed by atoms with van der Waals surface area (Å²) in [6.45, 7) is 4.19. The number of carbonyl (C=O) groups excluding carboxylic acids is 1. The topological polar surface area (TPSA) is 20.3 Å². The lowest BCUT2D eigenvalue weighted by Crippen LogP contribution is -2.41. The number of rotatable bonds is 3. The van der Waals surface area contributed by atoms with Gasteiger partial charge in [0.2, 0.25) is 0 Å². The van der Waals surface area contributed by atoms with Crippen molar-refractivity contribution in [2.45, 2.75) is 25.8 Å². The van der Waals surface area contributed by atoms with E-state index in [2.05, 4.69) is 18.1 Å². The van der Waals surface area contributed by atoms with Crippen LogP contribution in [0.4, 0.5) is 0 Å². The third-order valence-electron chi connectivity index (χ3n) is 2.39. The summed E-state index contributed by atoms with van der Waals surface area (Å²) in [5, 5.41) is 0. The van der Waals surface area contributed by atoms with Gasteiger partial charge in [0.1, 0.15) is 5.78 Å². The van der Waals surface area contributed by atoms with E-state index in [1.807, 2.05) is 11.8 Å². The molecule has 70 valence electrons. The number of nitrogens with zero attached hydrogens (tertiary/aromatic N) is 1. The molecule has 0 spiro atoms. The van der Waals surface area contributed by atoms with E-state index in [1.165, 1.54) is 5.75 Å². The first-order valence-electron chi connectivity index (χ1n) is 4.48. The molecule has 0 aliphatic carbocycles. The molecular formula is C9H17NOS. The second kappa shape index (κ2) is 4.87. The summed E-state index contributed by atoms with van der Waals surface area (Å²) in [6.07, 6.45) is 3.66. The van der Waals surface area contributed by atoms with Crippen LogP contribution in [0.25, 0.3) is 0 Å². The van der Waals surface area contributed by atoms with Crippen LogP contribution in [-0.2, 0) is 4.79 Å². The highest BCUT2D eigenvalue weighted by molar-refractivity contribution is 7.98. The molecule has 12 heavy (non-hydrogen) atoms. The van der Waals surface area contributed by atoms with E-state index in [4.69, 9.17) is 0 Å². The molecule has 0 aromatic rings. The van der Waals surface area contributed by atoms with E-state index in [-0.39, 0.29) is 0 Å². The summed E-state index contributed by atoms with van der Waals surface area (Å²) in [4.78, 5) is 13.4. The van der Waals surface area contributed by atoms with Crippen LogP contribution in [-0.4, -0.2) is 41.8 Å². The van der Waals surface area contributed by atoms with Gasteiger partial charge < -0.3 is 0 Å². The van der Waals surface area contributed by atoms with Gasteiger partial charge in [0.25, 0.3) is 0 Å². The highest BCUT2D eigenvalue weighted by Gasteiger charge is 2.19. The second-order valence-corrected chi connectivity index (χ2v) is 4.29. The Kier molecular flexibility index (Phi) is 4.09. The van der Waals surface area contributed by atoms with E-state index >= 15 is 0 Å². The van der Waals surface area contributed by atoms with Gasteiger partial charge in [-0.3, -0.25) is 9.69 Å². The number of carbonyl (C=O) groups is 1. The van der Waals surface area contributed by atoms with Crippen LogP contribution in [0, 0.1) is 0 Å². The van der Waals surface area contributed by atoms with Gasteiger partial charge in [-0.05, 0) is 13.2 Å². The summed E-state index contributed by atoms with van der Waals surface area (Å²) in [7, 11) is 0. The molecule has 1 rings (SSSR count). The Morgan fingerprint density at radius 1 is 1.50 bits per heavy atom. The van der Waals surface area contributed by atoms with Crippen LogP contribution in [0.3, 0.4) is 0 Å². The lowest BCUT2D eigenvalue weighted by molar-refractivity contribution is -0.121. The predicted molar refractivity (Wildman–Crippen MR) is 53.7 cm³/mol. The molecule has 0 amide bonds. The summed E-state index contributed by atoms with van der Waals surface area (Å²) in [5.41, 5.74) is 0. The second-order valence-electron chi connectivity index (χ2n) is 3.38. The van der Waals surface area contributed by atoms with Gasteiger partial charge in [-0.25, -0.2) is 0 Å². The number of piperidine rings is 1. The fraction of sp³-hybridized carbons (Fsp3) is 0.889. The van der Waals surface area contributed by atoms with Crippen LogP contribution in [0.1, 0.15) is 19.8 Å². The maximum Gasteiger partial charge on any atom is 0.135 e. The fourth-order valence-corrected chi connectivity index (χ4v) is 2.25. The fourth-order valence-electron chi connectivity index (χ4n) is 1.56. The highest BCUT2D eigenvalue weighted by atomic mass is 32.2. The SMILES string of the molecule is CSCC(C)N1CCC(=O)CC1. The Hall–Kier alpha value is -0.0200. The Morgan fingerprint density at radius 3 is 2.58 bits per heavy atom. The highest BCUT2D eigenvalue weighted by Crippen LogP contribution is 2.12. The van der Waals surface area contributed by atoms with E-state index in [0.717, 1.165) is 25.9 Å². The molecule has 1 heterocycles. The molecule has 0 aromatic carbocycles. The molecule has 0 bridgehead atoms. The van der Waals surface area contributed by atoms with Crippen molar-refractivity contribution in [2.75, 3.05) is 25.1 Å². The number of Topliss-reactive ketones (excluding diaryl/α,β-unsaturated/α-hetero) is 1. The Morgan fingerprint density at radius 2 is 2.08 bits per heavy atom. The molecule has 0 saturated carbocycles. The largest absolute Gasteiger partial charge is 0.300 e. The van der Waals surface area contributed by atoms with Gasteiger partial charge in [0.15, 0.2) is 0 Å². The molecule has 1 unspecified atom stereocenters. The van der Waals surface area contributed by atoms with Gasteiger partial charge in [-0.1, -0.05) is 0 Å². The molecule has 3 heteroatoms. The average molecular weight is 187 g/mol. The van der Waals surface area contributed by atoms with Crippen LogP contribution < -0.4 is 0 Å². The minimum atomic E-state index is 0.433. The first-order valence-corrected chi connectivity index (χ1v) is 5.88. The monoisotopic (exact) mass is 187 g/mol. The van der Waals surface area contributed by atoms with E-state index in [0.29, 0.717) is 11.8 Å². The van der Waals surface area contributed by atoms with Gasteiger partial charge in [0.05, 0.1) is 0 Å². The molecule has 1 fully saturated rings. The van der Waals surface area contributed by atoms with Crippen LogP contribution in [0.2, 0.25) is 0 Å². The molecule has 2 nitrogen and oxygen atoms in total. The van der Waals surface area contributed by atoms with Gasteiger partial charge in [-0.2, -0.15) is 11.8 Å². The quantitative estimate of drug-likeness (QED) is 0.666. The number of likely N-dealkylation sites (tertiary alicyclic amines) is 1. The van der Waals surface area contributed by atoms with Crippen molar-refractivity contribution in [3.8, 4) is 0 Å². The Labute approximate surface area is 78.7 Å². The number of hydrogen-bond donors (Lipinski definition) is 0. The van der Waals surface area contributed by atoms with Gasteiger partial charge in [0, 0.05) is 37.7 Å². The smallest absolute Gasteiger partial charge is 0.135 e. The summed E-state index contributed by atoms with van der Waals surface area (Å²) in [6, 6.07) is 0.632. The summed E-state index contributed by atoms with van der Waals surface area (Å²) in [5.74, 6) is 1.61. The van der Waals surface area contributed by atoms with Crippen molar-refractivity contribution >= 4 is 17.5 Å². The Bertz CT molecular complexity index is 151. The van der Waals surface area contributed by atoms with Crippen molar-refractivity contribution in [3.63, 3.8) is 0 Å². The van der Waals surface area contributed by atoms with E-state index in [9.17, 15) is 4.79 Å². The zero-order valence-corrected chi connectivity index (χ0v) is 8.69. The standard InChI is InChI=1S/C9H17NOS/c1-8(7-12-2)10-5-3-9(11)4-6-10/h8H,3-7H2,1-2H3. The van der Waals surface area contributed by atoms with Gasteiger partial charge in [-0.15, -0.1) is 0 Å². The molecule has 0 aromatic heterocycles. The first kappa shape index (κ1) is 10.1. The molecule has 0 radical (unpaired) electrons. The molecule has 0 N–H and O–H groups in total. The number of ketones is 1.